The summed E-state index contributed by atoms with van der Waals surface area (Å²) in [4.78, 5) is 19.0. The Kier molecular flexibility index (Phi) is 4.48. The van der Waals surface area contributed by atoms with Crippen molar-refractivity contribution >= 4 is 17.3 Å². The number of hydrogen-bond donors (Lipinski definition) is 1. The zero-order chi connectivity index (χ0) is 20.9. The van der Waals surface area contributed by atoms with Crippen molar-refractivity contribution < 1.29 is 0 Å². The van der Waals surface area contributed by atoms with Gasteiger partial charge in [0.05, 0.1) is 0 Å². The summed E-state index contributed by atoms with van der Waals surface area (Å²) in [6, 6.07) is 3.96. The minimum atomic E-state index is -0.123. The normalized spacial score (nSPS) is 17.4. The molecule has 0 unspecified atom stereocenters. The van der Waals surface area contributed by atoms with Crippen LogP contribution in [0.2, 0.25) is 0 Å². The average Bonchev–Trinajstić information content (AvgIpc) is 3.37. The van der Waals surface area contributed by atoms with Crippen LogP contribution in [0.5, 0.6) is 0 Å². The molecule has 9 nitrogen and oxygen atoms in total. The highest BCUT2D eigenvalue weighted by atomic mass is 16.1. The maximum atomic E-state index is 12.6. The van der Waals surface area contributed by atoms with E-state index < -0.39 is 0 Å². The van der Waals surface area contributed by atoms with Gasteiger partial charge in [0.15, 0.2) is 17.3 Å². The molecule has 2 aliphatic rings. The van der Waals surface area contributed by atoms with Gasteiger partial charge in [-0.05, 0) is 30.9 Å². The van der Waals surface area contributed by atoms with E-state index in [1.54, 1.807) is 17.0 Å². The molecule has 1 aliphatic heterocycles. The van der Waals surface area contributed by atoms with Crippen LogP contribution >= 0.6 is 0 Å². The third kappa shape index (κ3) is 3.64. The fourth-order valence-electron chi connectivity index (χ4n) is 3.83. The van der Waals surface area contributed by atoms with E-state index >= 15 is 0 Å². The van der Waals surface area contributed by atoms with Gasteiger partial charge in [0, 0.05) is 49.9 Å². The van der Waals surface area contributed by atoms with Gasteiger partial charge in [-0.1, -0.05) is 20.8 Å². The topological polar surface area (TPSA) is 93.2 Å². The van der Waals surface area contributed by atoms with Crippen LogP contribution < -0.4 is 15.8 Å². The van der Waals surface area contributed by atoms with Crippen LogP contribution in [-0.2, 0) is 12.0 Å². The van der Waals surface area contributed by atoms with Gasteiger partial charge in [-0.25, -0.2) is 4.98 Å². The van der Waals surface area contributed by atoms with Gasteiger partial charge in [0.2, 0.25) is 0 Å². The average molecular weight is 409 g/mol. The minimum absolute atomic E-state index is 0.0185. The summed E-state index contributed by atoms with van der Waals surface area (Å²) in [5.41, 5.74) is 0.622. The van der Waals surface area contributed by atoms with Gasteiger partial charge in [-0.15, -0.1) is 15.3 Å². The lowest BCUT2D eigenvalue weighted by Gasteiger charge is -2.40. The summed E-state index contributed by atoms with van der Waals surface area (Å²) in [5, 5.41) is 16.6. The second-order valence-electron chi connectivity index (χ2n) is 9.56. The van der Waals surface area contributed by atoms with Crippen LogP contribution in [0, 0.1) is 11.8 Å². The fourth-order valence-corrected chi connectivity index (χ4v) is 3.83. The van der Waals surface area contributed by atoms with Gasteiger partial charge < -0.3 is 14.8 Å². The van der Waals surface area contributed by atoms with Crippen molar-refractivity contribution in [3.8, 4) is 0 Å². The monoisotopic (exact) mass is 408 g/mol. The quantitative estimate of drug-likeness (QED) is 0.666. The summed E-state index contributed by atoms with van der Waals surface area (Å²) in [7, 11) is 0. The zero-order valence-corrected chi connectivity index (χ0v) is 17.7. The first-order chi connectivity index (χ1) is 14.4. The van der Waals surface area contributed by atoms with Crippen LogP contribution in [0.15, 0.2) is 29.3 Å². The predicted molar refractivity (Wildman–Crippen MR) is 115 cm³/mol. The Morgan fingerprint density at radius 2 is 1.93 bits per heavy atom. The molecular weight excluding hydrogens is 380 g/mol. The highest BCUT2D eigenvalue weighted by molar-refractivity contribution is 5.48. The van der Waals surface area contributed by atoms with E-state index in [0.717, 1.165) is 43.5 Å². The largest absolute Gasteiger partial charge is 0.365 e. The van der Waals surface area contributed by atoms with Crippen LogP contribution in [0.3, 0.4) is 0 Å². The molecule has 1 saturated heterocycles. The summed E-state index contributed by atoms with van der Waals surface area (Å²) in [6.07, 6.45) is 5.95. The molecular formula is C21H28N8O. The number of anilines is 2. The number of rotatable bonds is 6. The van der Waals surface area contributed by atoms with Crippen molar-refractivity contribution in [3.63, 3.8) is 0 Å². The zero-order valence-electron chi connectivity index (χ0n) is 17.7. The predicted octanol–water partition coefficient (Wildman–Crippen LogP) is 1.94. The fraction of sp³-hybridized carbons (Fsp3) is 0.571. The summed E-state index contributed by atoms with van der Waals surface area (Å²) in [5.74, 6) is 3.34. The molecule has 30 heavy (non-hydrogen) atoms. The lowest BCUT2D eigenvalue weighted by molar-refractivity contribution is 0.423. The van der Waals surface area contributed by atoms with Gasteiger partial charge in [0.25, 0.3) is 5.56 Å². The van der Waals surface area contributed by atoms with Crippen LogP contribution in [0.1, 0.15) is 39.4 Å². The van der Waals surface area contributed by atoms with E-state index in [-0.39, 0.29) is 11.0 Å². The summed E-state index contributed by atoms with van der Waals surface area (Å²) in [6.45, 7) is 9.65. The van der Waals surface area contributed by atoms with Gasteiger partial charge in [0.1, 0.15) is 5.82 Å². The molecule has 9 heteroatoms. The molecule has 2 fully saturated rings. The van der Waals surface area contributed by atoms with Crippen LogP contribution in [0.25, 0.3) is 5.65 Å². The molecule has 3 aromatic heterocycles. The second kappa shape index (κ2) is 7.07. The maximum absolute atomic E-state index is 12.6. The Hall–Kier alpha value is -2.97. The van der Waals surface area contributed by atoms with Crippen molar-refractivity contribution in [1.82, 2.24) is 29.4 Å². The molecule has 0 amide bonds. The first-order valence-electron chi connectivity index (χ1n) is 10.7. The molecule has 4 heterocycles. The number of nitrogens with one attached hydrogen (secondary N) is 1. The minimum Gasteiger partial charge on any atom is -0.365 e. The van der Waals surface area contributed by atoms with Gasteiger partial charge >= 0.3 is 0 Å². The van der Waals surface area contributed by atoms with Crippen molar-refractivity contribution in [2.75, 3.05) is 29.9 Å². The van der Waals surface area contributed by atoms with Crippen molar-refractivity contribution in [2.24, 2.45) is 11.8 Å². The van der Waals surface area contributed by atoms with Crippen molar-refractivity contribution in [2.45, 2.75) is 45.6 Å². The number of aromatic nitrogens is 6. The molecule has 158 valence electrons. The Morgan fingerprint density at radius 1 is 1.13 bits per heavy atom. The maximum Gasteiger partial charge on any atom is 0.293 e. The first-order valence-corrected chi connectivity index (χ1v) is 10.7. The molecule has 0 bridgehead atoms. The second-order valence-corrected chi connectivity index (χ2v) is 9.56. The summed E-state index contributed by atoms with van der Waals surface area (Å²) < 4.78 is 3.63. The third-order valence-electron chi connectivity index (χ3n) is 5.82. The van der Waals surface area contributed by atoms with Crippen molar-refractivity contribution in [3.05, 3.63) is 40.7 Å². The van der Waals surface area contributed by atoms with E-state index in [1.807, 2.05) is 16.6 Å². The molecule has 1 aliphatic carbocycles. The molecule has 1 saturated carbocycles. The third-order valence-corrected chi connectivity index (χ3v) is 5.82. The highest BCUT2D eigenvalue weighted by Gasteiger charge is 2.29. The van der Waals surface area contributed by atoms with Crippen LogP contribution in [-0.4, -0.2) is 49.0 Å². The van der Waals surface area contributed by atoms with E-state index in [0.29, 0.717) is 17.7 Å². The highest BCUT2D eigenvalue weighted by Crippen LogP contribution is 2.30. The lowest BCUT2D eigenvalue weighted by atomic mass is 9.96. The molecule has 0 spiro atoms. The standard InChI is InChI=1S/C21H28N8O/c1-21(2,3)20-25-24-16-6-7-17(26-29(16)20)28-12-15(13-28)10-23-18-19(30)27(9-8-22-18)11-14-4-5-14/h6-9,14-15H,4-5,10-13H2,1-3H3,(H,22,23). The molecule has 0 aromatic carbocycles. The van der Waals surface area contributed by atoms with E-state index in [9.17, 15) is 4.79 Å². The van der Waals surface area contributed by atoms with E-state index in [1.165, 1.54) is 12.8 Å². The molecule has 5 rings (SSSR count). The molecule has 0 radical (unpaired) electrons. The number of nitrogens with zero attached hydrogens (tertiary/aromatic N) is 7. The lowest BCUT2D eigenvalue weighted by Crippen LogP contribution is -2.50. The van der Waals surface area contributed by atoms with E-state index in [4.69, 9.17) is 5.10 Å². The van der Waals surface area contributed by atoms with E-state index in [2.05, 4.69) is 46.2 Å². The Morgan fingerprint density at radius 3 is 2.67 bits per heavy atom. The Balaban J connectivity index is 1.21. The molecule has 3 aromatic rings. The van der Waals surface area contributed by atoms with Gasteiger partial charge in [-0.3, -0.25) is 4.79 Å². The SMILES string of the molecule is CC(C)(C)c1nnc2ccc(N3CC(CNc4nccn(CC5CC5)c4=O)C3)nn12. The number of hydrogen-bond acceptors (Lipinski definition) is 7. The smallest absolute Gasteiger partial charge is 0.293 e. The molecule has 1 N–H and O–H groups in total. The first kappa shape index (κ1) is 19.0. The van der Waals surface area contributed by atoms with Crippen LogP contribution in [0.4, 0.5) is 11.6 Å². The Labute approximate surface area is 175 Å². The molecule has 0 atom stereocenters. The van der Waals surface area contributed by atoms with Gasteiger partial charge in [-0.2, -0.15) is 4.52 Å². The van der Waals surface area contributed by atoms with Crippen molar-refractivity contribution in [1.29, 1.82) is 0 Å². The summed E-state index contributed by atoms with van der Waals surface area (Å²) >= 11 is 0. The number of fused-ring (bicyclic) bond motifs is 1. The Bertz CT molecular complexity index is 1120.